The molecule has 0 atom stereocenters. The molecule has 0 heterocycles. The molecule has 0 amide bonds. The van der Waals surface area contributed by atoms with E-state index in [2.05, 4.69) is 5.32 Å². The Balaban J connectivity index is 2.04. The number of nitrogens with zero attached hydrogens (tertiary/aromatic N) is 1. The van der Waals surface area contributed by atoms with Gasteiger partial charge in [-0.25, -0.2) is 8.42 Å². The lowest BCUT2D eigenvalue weighted by atomic mass is 10.1. The zero-order chi connectivity index (χ0) is 20.7. The zero-order valence-electron chi connectivity index (χ0n) is 15.9. The molecule has 0 saturated carbocycles. The summed E-state index contributed by atoms with van der Waals surface area (Å²) in [6.45, 7) is 2.01. The highest BCUT2D eigenvalue weighted by atomic mass is 32.2. The highest BCUT2D eigenvalue weighted by Gasteiger charge is 2.25. The number of hydrogen-bond acceptors (Lipinski definition) is 5. The minimum absolute atomic E-state index is 0.0976. The summed E-state index contributed by atoms with van der Waals surface area (Å²) in [6, 6.07) is 27.1. The molecule has 0 fully saturated rings. The summed E-state index contributed by atoms with van der Waals surface area (Å²) in [5, 5.41) is 13.2. The first-order valence-corrected chi connectivity index (χ1v) is 11.4. The van der Waals surface area contributed by atoms with Crippen LogP contribution in [0.4, 0.5) is 5.69 Å². The van der Waals surface area contributed by atoms with E-state index in [9.17, 15) is 13.7 Å². The van der Waals surface area contributed by atoms with Crippen LogP contribution >= 0.6 is 11.8 Å². The Morgan fingerprint density at radius 1 is 0.931 bits per heavy atom. The molecule has 0 aliphatic carbocycles. The zero-order valence-corrected chi connectivity index (χ0v) is 17.5. The fraction of sp³-hybridized carbons (Fsp3) is 0.0870. The molecule has 6 heteroatoms. The Labute approximate surface area is 175 Å². The summed E-state index contributed by atoms with van der Waals surface area (Å²) in [5.74, 6) is 0.539. The second-order valence-electron chi connectivity index (χ2n) is 6.29. The molecule has 0 saturated heterocycles. The minimum Gasteiger partial charge on any atom is -0.349 e. The average Bonchev–Trinajstić information content (AvgIpc) is 2.74. The van der Waals surface area contributed by atoms with E-state index in [1.165, 1.54) is 23.9 Å². The van der Waals surface area contributed by atoms with Gasteiger partial charge in [0, 0.05) is 11.4 Å². The predicted molar refractivity (Wildman–Crippen MR) is 119 cm³/mol. The summed E-state index contributed by atoms with van der Waals surface area (Å²) in [4.78, 5) is -0.188. The molecule has 0 spiro atoms. The molecule has 4 nitrogen and oxygen atoms in total. The largest absolute Gasteiger partial charge is 0.349 e. The van der Waals surface area contributed by atoms with Crippen LogP contribution in [0.2, 0.25) is 0 Å². The van der Waals surface area contributed by atoms with E-state index in [0.717, 1.165) is 16.8 Å². The SMILES string of the molecule is Cc1ccccc1CS/C(Nc1ccccc1)=C(\C#N)S(=O)(=O)c1ccccc1. The van der Waals surface area contributed by atoms with Gasteiger partial charge in [-0.05, 0) is 42.3 Å². The van der Waals surface area contributed by atoms with Crippen molar-refractivity contribution in [1.82, 2.24) is 0 Å². The minimum atomic E-state index is -3.95. The van der Waals surface area contributed by atoms with Crippen molar-refractivity contribution in [2.45, 2.75) is 17.6 Å². The Hall–Kier alpha value is -3.01. The van der Waals surface area contributed by atoms with Gasteiger partial charge in [0.15, 0.2) is 4.91 Å². The first-order chi connectivity index (χ1) is 14.0. The lowest BCUT2D eigenvalue weighted by Crippen LogP contribution is -2.10. The molecule has 3 rings (SSSR count). The van der Waals surface area contributed by atoms with Gasteiger partial charge in [-0.1, -0.05) is 60.7 Å². The van der Waals surface area contributed by atoms with Gasteiger partial charge in [-0.3, -0.25) is 0 Å². The molecule has 0 radical (unpaired) electrons. The Kier molecular flexibility index (Phi) is 6.76. The molecule has 3 aromatic carbocycles. The van der Waals surface area contributed by atoms with Gasteiger partial charge in [-0.15, -0.1) is 11.8 Å². The summed E-state index contributed by atoms with van der Waals surface area (Å²) in [6.07, 6.45) is 0. The quantitative estimate of drug-likeness (QED) is 0.511. The van der Waals surface area contributed by atoms with Gasteiger partial charge in [0.1, 0.15) is 11.1 Å². The van der Waals surface area contributed by atoms with Crippen LogP contribution in [-0.2, 0) is 15.6 Å². The smallest absolute Gasteiger partial charge is 0.219 e. The normalized spacial score (nSPS) is 12.0. The van der Waals surface area contributed by atoms with Gasteiger partial charge in [0.25, 0.3) is 0 Å². The summed E-state index contributed by atoms with van der Waals surface area (Å²) in [5.41, 5.74) is 2.92. The van der Waals surface area contributed by atoms with Crippen molar-refractivity contribution in [2.24, 2.45) is 0 Å². The van der Waals surface area contributed by atoms with Gasteiger partial charge >= 0.3 is 0 Å². The molecule has 0 aromatic heterocycles. The van der Waals surface area contributed by atoms with Gasteiger partial charge < -0.3 is 5.32 Å². The monoisotopic (exact) mass is 420 g/mol. The molecule has 0 unspecified atom stereocenters. The van der Waals surface area contributed by atoms with Crippen LogP contribution in [0, 0.1) is 18.3 Å². The molecule has 0 aliphatic heterocycles. The molecular weight excluding hydrogens is 400 g/mol. The maximum atomic E-state index is 13.1. The number of aryl methyl sites for hydroxylation is 1. The van der Waals surface area contributed by atoms with Crippen molar-refractivity contribution in [3.05, 3.63) is 106 Å². The second kappa shape index (κ2) is 9.46. The number of hydrogen-bond donors (Lipinski definition) is 1. The van der Waals surface area contributed by atoms with Gasteiger partial charge in [-0.2, -0.15) is 5.26 Å². The molecule has 146 valence electrons. The summed E-state index contributed by atoms with van der Waals surface area (Å²) < 4.78 is 26.3. The number of nitrogens with one attached hydrogen (secondary N) is 1. The predicted octanol–water partition coefficient (Wildman–Crippen LogP) is 5.51. The third kappa shape index (κ3) is 5.08. The van der Waals surface area contributed by atoms with E-state index in [-0.39, 0.29) is 9.80 Å². The van der Waals surface area contributed by atoms with Crippen molar-refractivity contribution >= 4 is 27.3 Å². The van der Waals surface area contributed by atoms with Crippen molar-refractivity contribution in [1.29, 1.82) is 5.26 Å². The van der Waals surface area contributed by atoms with Crippen molar-refractivity contribution in [3.8, 4) is 6.07 Å². The van der Waals surface area contributed by atoms with Crippen LogP contribution in [0.3, 0.4) is 0 Å². The summed E-state index contributed by atoms with van der Waals surface area (Å²) >= 11 is 1.30. The molecular formula is C23H20N2O2S2. The summed E-state index contributed by atoms with van der Waals surface area (Å²) in [7, 11) is -3.95. The standard InChI is InChI=1S/C23H20N2O2S2/c1-18-10-8-9-11-19(18)17-28-23(25-20-12-4-2-5-13-20)22(16-24)29(26,27)21-14-6-3-7-15-21/h2-15,25H,17H2,1H3/b23-22+. The number of allylic oxidation sites excluding steroid dienone is 1. The third-order valence-electron chi connectivity index (χ3n) is 4.29. The number of anilines is 1. The topological polar surface area (TPSA) is 70.0 Å². The molecule has 0 aliphatic rings. The van der Waals surface area contributed by atoms with Crippen LogP contribution in [-0.4, -0.2) is 8.42 Å². The number of nitriles is 1. The van der Waals surface area contributed by atoms with Crippen LogP contribution in [0.25, 0.3) is 0 Å². The van der Waals surface area contributed by atoms with E-state index in [0.29, 0.717) is 10.8 Å². The van der Waals surface area contributed by atoms with Crippen molar-refractivity contribution in [3.63, 3.8) is 0 Å². The van der Waals surface area contributed by atoms with Crippen LogP contribution in [0.5, 0.6) is 0 Å². The molecule has 0 bridgehead atoms. The number of para-hydroxylation sites is 1. The lowest BCUT2D eigenvalue weighted by Gasteiger charge is -2.14. The fourth-order valence-corrected chi connectivity index (χ4v) is 5.35. The number of sulfone groups is 1. The number of benzene rings is 3. The van der Waals surface area contributed by atoms with Crippen LogP contribution < -0.4 is 5.32 Å². The first-order valence-electron chi connectivity index (χ1n) is 8.96. The van der Waals surface area contributed by atoms with Gasteiger partial charge in [0.05, 0.1) is 4.90 Å². The maximum absolute atomic E-state index is 13.1. The third-order valence-corrected chi connectivity index (χ3v) is 7.20. The van der Waals surface area contributed by atoms with Crippen molar-refractivity contribution < 1.29 is 8.42 Å². The van der Waals surface area contributed by atoms with E-state index < -0.39 is 9.84 Å². The van der Waals surface area contributed by atoms with Crippen molar-refractivity contribution in [2.75, 3.05) is 5.32 Å². The fourth-order valence-electron chi connectivity index (χ4n) is 2.68. The highest BCUT2D eigenvalue weighted by molar-refractivity contribution is 8.04. The Morgan fingerprint density at radius 3 is 2.14 bits per heavy atom. The van der Waals surface area contributed by atoms with E-state index in [1.54, 1.807) is 18.2 Å². The average molecular weight is 421 g/mol. The number of rotatable bonds is 7. The van der Waals surface area contributed by atoms with Crippen LogP contribution in [0.15, 0.2) is 99.8 Å². The molecule has 1 N–H and O–H groups in total. The van der Waals surface area contributed by atoms with E-state index in [4.69, 9.17) is 0 Å². The molecule has 3 aromatic rings. The highest BCUT2D eigenvalue weighted by Crippen LogP contribution is 2.31. The van der Waals surface area contributed by atoms with Crippen LogP contribution in [0.1, 0.15) is 11.1 Å². The lowest BCUT2D eigenvalue weighted by molar-refractivity contribution is 0.603. The molecule has 29 heavy (non-hydrogen) atoms. The van der Waals surface area contributed by atoms with Gasteiger partial charge in [0.2, 0.25) is 9.84 Å². The first kappa shape index (κ1) is 20.7. The van der Waals surface area contributed by atoms with E-state index >= 15 is 0 Å². The number of thioether (sulfide) groups is 1. The second-order valence-corrected chi connectivity index (χ2v) is 9.16. The Morgan fingerprint density at radius 2 is 1.52 bits per heavy atom. The van der Waals surface area contributed by atoms with E-state index in [1.807, 2.05) is 67.6 Å². The Bertz CT molecular complexity index is 1150. The maximum Gasteiger partial charge on any atom is 0.219 e.